The summed E-state index contributed by atoms with van der Waals surface area (Å²) >= 11 is 0. The Hall–Kier alpha value is -1.88. The summed E-state index contributed by atoms with van der Waals surface area (Å²) in [5, 5.41) is 0. The molecule has 102 valence electrons. The summed E-state index contributed by atoms with van der Waals surface area (Å²) in [6.07, 6.45) is 0. The second-order valence-corrected chi connectivity index (χ2v) is 4.88. The maximum Gasteiger partial charge on any atom is 0.219 e. The van der Waals surface area contributed by atoms with Crippen molar-refractivity contribution in [1.82, 2.24) is 19.8 Å². The van der Waals surface area contributed by atoms with Crippen molar-refractivity contribution in [2.75, 3.05) is 27.2 Å². The first-order chi connectivity index (χ1) is 9.06. The van der Waals surface area contributed by atoms with Crippen LogP contribution < -0.4 is 0 Å². The highest BCUT2D eigenvalue weighted by molar-refractivity contribution is 5.74. The molecule has 1 heterocycles. The maximum atomic E-state index is 11.1. The van der Waals surface area contributed by atoms with E-state index in [-0.39, 0.29) is 5.91 Å². The predicted octanol–water partition coefficient (Wildman–Crippen LogP) is 1.47. The van der Waals surface area contributed by atoms with E-state index in [4.69, 9.17) is 0 Å². The van der Waals surface area contributed by atoms with Crippen LogP contribution in [0.1, 0.15) is 12.7 Å². The number of hydrogen-bond donors (Lipinski definition) is 1. The molecule has 1 N–H and O–H groups in total. The number of H-pyrrole nitrogens is 1. The number of aromatic amines is 1. The molecule has 19 heavy (non-hydrogen) atoms. The van der Waals surface area contributed by atoms with Gasteiger partial charge in [-0.3, -0.25) is 9.69 Å². The van der Waals surface area contributed by atoms with Crippen LogP contribution in [0.25, 0.3) is 11.0 Å². The first-order valence-electron chi connectivity index (χ1n) is 6.40. The number of nitrogens with zero attached hydrogens (tertiary/aromatic N) is 3. The third kappa shape index (κ3) is 3.54. The van der Waals surface area contributed by atoms with Gasteiger partial charge in [-0.2, -0.15) is 0 Å². The highest BCUT2D eigenvalue weighted by Gasteiger charge is 2.07. The standard InChI is InChI=1S/C14H20N4O/c1-11(19)18(3)9-8-17(2)10-14-15-12-6-4-5-7-13(12)16-14/h4-7H,8-10H2,1-3H3,(H,15,16). The maximum absolute atomic E-state index is 11.1. The molecule has 5 nitrogen and oxygen atoms in total. The van der Waals surface area contributed by atoms with Gasteiger partial charge in [0.05, 0.1) is 17.6 Å². The molecule has 0 aliphatic heterocycles. The van der Waals surface area contributed by atoms with Crippen LogP contribution in [0.4, 0.5) is 0 Å². The zero-order valence-electron chi connectivity index (χ0n) is 11.7. The fourth-order valence-electron chi connectivity index (χ4n) is 1.89. The third-order valence-electron chi connectivity index (χ3n) is 3.21. The molecule has 2 aromatic rings. The third-order valence-corrected chi connectivity index (χ3v) is 3.21. The van der Waals surface area contributed by atoms with Crippen LogP contribution in [0.5, 0.6) is 0 Å². The molecule has 0 aliphatic rings. The Balaban J connectivity index is 1.91. The number of fused-ring (bicyclic) bond motifs is 1. The Morgan fingerprint density at radius 2 is 2.00 bits per heavy atom. The highest BCUT2D eigenvalue weighted by atomic mass is 16.2. The van der Waals surface area contributed by atoms with Crippen molar-refractivity contribution in [1.29, 1.82) is 0 Å². The monoisotopic (exact) mass is 260 g/mol. The van der Waals surface area contributed by atoms with Gasteiger partial charge in [0.1, 0.15) is 5.82 Å². The summed E-state index contributed by atoms with van der Waals surface area (Å²) in [5.74, 6) is 1.05. The quantitative estimate of drug-likeness (QED) is 0.885. The summed E-state index contributed by atoms with van der Waals surface area (Å²) in [4.78, 5) is 22.8. The molecule has 0 unspecified atom stereocenters. The van der Waals surface area contributed by atoms with Crippen LogP contribution in [0.15, 0.2) is 24.3 Å². The van der Waals surface area contributed by atoms with Crippen molar-refractivity contribution in [2.24, 2.45) is 0 Å². The van der Waals surface area contributed by atoms with E-state index in [0.717, 1.165) is 36.5 Å². The summed E-state index contributed by atoms with van der Waals surface area (Å²) in [5.41, 5.74) is 2.05. The van der Waals surface area contributed by atoms with Gasteiger partial charge in [-0.05, 0) is 19.2 Å². The van der Waals surface area contributed by atoms with Gasteiger partial charge in [0, 0.05) is 27.1 Å². The van der Waals surface area contributed by atoms with Gasteiger partial charge in [0.15, 0.2) is 0 Å². The van der Waals surface area contributed by atoms with E-state index < -0.39 is 0 Å². The van der Waals surface area contributed by atoms with E-state index in [1.165, 1.54) is 0 Å². The number of likely N-dealkylation sites (N-methyl/N-ethyl adjacent to an activating group) is 2. The number of imidazole rings is 1. The normalized spacial score (nSPS) is 11.2. The molecule has 1 aromatic carbocycles. The fraction of sp³-hybridized carbons (Fsp3) is 0.429. The minimum absolute atomic E-state index is 0.0946. The fourth-order valence-corrected chi connectivity index (χ4v) is 1.89. The molecule has 0 spiro atoms. The minimum atomic E-state index is 0.0946. The Bertz CT molecular complexity index is 530. The topological polar surface area (TPSA) is 52.2 Å². The Kier molecular flexibility index (Phi) is 4.16. The average Bonchev–Trinajstić information content (AvgIpc) is 2.77. The van der Waals surface area contributed by atoms with Crippen LogP contribution in [-0.4, -0.2) is 52.9 Å². The van der Waals surface area contributed by atoms with Gasteiger partial charge >= 0.3 is 0 Å². The molecular formula is C14H20N4O. The molecule has 5 heteroatoms. The van der Waals surface area contributed by atoms with Crippen molar-refractivity contribution < 1.29 is 4.79 Å². The molecule has 0 atom stereocenters. The molecule has 0 fully saturated rings. The number of aromatic nitrogens is 2. The predicted molar refractivity (Wildman–Crippen MR) is 75.7 cm³/mol. The highest BCUT2D eigenvalue weighted by Crippen LogP contribution is 2.11. The van der Waals surface area contributed by atoms with Crippen molar-refractivity contribution in [3.05, 3.63) is 30.1 Å². The number of nitrogens with one attached hydrogen (secondary N) is 1. The van der Waals surface area contributed by atoms with Gasteiger partial charge in [0.25, 0.3) is 0 Å². The van der Waals surface area contributed by atoms with Crippen molar-refractivity contribution >= 4 is 16.9 Å². The van der Waals surface area contributed by atoms with Crippen molar-refractivity contribution in [3.63, 3.8) is 0 Å². The second kappa shape index (κ2) is 5.84. The Morgan fingerprint density at radius 3 is 2.68 bits per heavy atom. The molecule has 0 radical (unpaired) electrons. The number of amides is 1. The zero-order valence-corrected chi connectivity index (χ0v) is 11.7. The largest absolute Gasteiger partial charge is 0.345 e. The molecule has 0 aliphatic carbocycles. The molecule has 2 rings (SSSR count). The lowest BCUT2D eigenvalue weighted by Crippen LogP contribution is -2.33. The molecule has 1 aromatic heterocycles. The zero-order chi connectivity index (χ0) is 13.8. The smallest absolute Gasteiger partial charge is 0.219 e. The van der Waals surface area contributed by atoms with Gasteiger partial charge in [-0.15, -0.1) is 0 Å². The van der Waals surface area contributed by atoms with Crippen LogP contribution >= 0.6 is 0 Å². The number of carbonyl (C=O) groups excluding carboxylic acids is 1. The summed E-state index contributed by atoms with van der Waals surface area (Å²) in [7, 11) is 3.85. The lowest BCUT2D eigenvalue weighted by Gasteiger charge is -2.20. The second-order valence-electron chi connectivity index (χ2n) is 4.88. The van der Waals surface area contributed by atoms with E-state index in [1.54, 1.807) is 11.8 Å². The Morgan fingerprint density at radius 1 is 1.26 bits per heavy atom. The lowest BCUT2D eigenvalue weighted by molar-refractivity contribution is -0.127. The summed E-state index contributed by atoms with van der Waals surface area (Å²) < 4.78 is 0. The van der Waals surface area contributed by atoms with Gasteiger partial charge in [0.2, 0.25) is 5.91 Å². The number of rotatable bonds is 5. The first kappa shape index (κ1) is 13.5. The van der Waals surface area contributed by atoms with E-state index in [0.29, 0.717) is 0 Å². The van der Waals surface area contributed by atoms with E-state index in [2.05, 4.69) is 14.9 Å². The summed E-state index contributed by atoms with van der Waals surface area (Å²) in [6, 6.07) is 8.00. The lowest BCUT2D eigenvalue weighted by atomic mass is 10.3. The number of hydrogen-bond acceptors (Lipinski definition) is 3. The molecular weight excluding hydrogens is 240 g/mol. The SMILES string of the molecule is CC(=O)N(C)CCN(C)Cc1nc2ccccc2[nH]1. The van der Waals surface area contributed by atoms with Crippen molar-refractivity contribution in [3.8, 4) is 0 Å². The van der Waals surface area contributed by atoms with Gasteiger partial charge in [-0.1, -0.05) is 12.1 Å². The summed E-state index contributed by atoms with van der Waals surface area (Å²) in [6.45, 7) is 3.89. The Labute approximate surface area is 113 Å². The number of para-hydroxylation sites is 2. The number of benzene rings is 1. The van der Waals surface area contributed by atoms with Crippen LogP contribution in [-0.2, 0) is 11.3 Å². The van der Waals surface area contributed by atoms with E-state index >= 15 is 0 Å². The van der Waals surface area contributed by atoms with Crippen molar-refractivity contribution in [2.45, 2.75) is 13.5 Å². The first-order valence-corrected chi connectivity index (χ1v) is 6.40. The molecule has 0 bridgehead atoms. The average molecular weight is 260 g/mol. The van der Waals surface area contributed by atoms with E-state index in [1.807, 2.05) is 38.4 Å². The molecule has 0 saturated heterocycles. The van der Waals surface area contributed by atoms with Crippen LogP contribution in [0.3, 0.4) is 0 Å². The van der Waals surface area contributed by atoms with Gasteiger partial charge in [-0.25, -0.2) is 4.98 Å². The molecule has 1 amide bonds. The van der Waals surface area contributed by atoms with Crippen LogP contribution in [0.2, 0.25) is 0 Å². The van der Waals surface area contributed by atoms with E-state index in [9.17, 15) is 4.79 Å². The minimum Gasteiger partial charge on any atom is -0.345 e. The number of carbonyl (C=O) groups is 1. The van der Waals surface area contributed by atoms with Crippen LogP contribution in [0, 0.1) is 0 Å². The molecule has 0 saturated carbocycles. The van der Waals surface area contributed by atoms with Gasteiger partial charge < -0.3 is 9.88 Å².